The summed E-state index contributed by atoms with van der Waals surface area (Å²) in [5, 5.41) is 0. The summed E-state index contributed by atoms with van der Waals surface area (Å²) in [6.07, 6.45) is 4.21. The third-order valence-corrected chi connectivity index (χ3v) is 8.68. The van der Waals surface area contributed by atoms with E-state index < -0.39 is 11.9 Å². The van der Waals surface area contributed by atoms with Crippen molar-refractivity contribution in [1.82, 2.24) is 0 Å². The summed E-state index contributed by atoms with van der Waals surface area (Å²) in [6.45, 7) is 29.5. The number of rotatable bonds is 10. The zero-order valence-corrected chi connectivity index (χ0v) is 26.3. The quantitative estimate of drug-likeness (QED) is 0.167. The van der Waals surface area contributed by atoms with Gasteiger partial charge in [0.1, 0.15) is 11.5 Å². The fourth-order valence-electron chi connectivity index (χ4n) is 5.24. The lowest BCUT2D eigenvalue weighted by atomic mass is 9.62. The van der Waals surface area contributed by atoms with Crippen molar-refractivity contribution in [3.63, 3.8) is 0 Å². The molecule has 0 aliphatic heterocycles. The minimum atomic E-state index is -0.515. The highest BCUT2D eigenvalue weighted by atomic mass is 32.2. The molecule has 1 atom stereocenters. The standard InChI is InChI=1S/C34H46O4S/c1-13-29(35)37-24-17-18-25(33(10,11)22-31(4,5)6)27(21-24)39-28-20-23(34(12,15-3)32(7,8)9)16-19-26(28)38-30(36)14-2/h13-14,16-21H,1-2,15,22H2,3-12H3. The number of benzene rings is 2. The van der Waals surface area contributed by atoms with Gasteiger partial charge in [0.05, 0.1) is 4.90 Å². The van der Waals surface area contributed by atoms with Gasteiger partial charge in [0.2, 0.25) is 0 Å². The molecule has 2 aromatic rings. The molecule has 0 heterocycles. The maximum Gasteiger partial charge on any atom is 0.335 e. The average molecular weight is 551 g/mol. The molecule has 0 amide bonds. The van der Waals surface area contributed by atoms with Gasteiger partial charge in [-0.3, -0.25) is 0 Å². The van der Waals surface area contributed by atoms with Crippen molar-refractivity contribution in [3.05, 3.63) is 72.8 Å². The molecule has 0 aliphatic carbocycles. The molecule has 0 fully saturated rings. The Hall–Kier alpha value is -2.79. The Labute approximate surface area is 240 Å². The molecular weight excluding hydrogens is 504 g/mol. The van der Waals surface area contributed by atoms with Crippen molar-refractivity contribution in [2.45, 2.75) is 103 Å². The number of ether oxygens (including phenoxy) is 2. The highest BCUT2D eigenvalue weighted by molar-refractivity contribution is 7.99. The van der Waals surface area contributed by atoms with Gasteiger partial charge in [0, 0.05) is 17.0 Å². The normalized spacial score (nSPS) is 13.8. The Bertz CT molecular complexity index is 1230. The van der Waals surface area contributed by atoms with Crippen molar-refractivity contribution < 1.29 is 19.1 Å². The Kier molecular flexibility index (Phi) is 10.1. The average Bonchev–Trinajstić information content (AvgIpc) is 2.82. The predicted molar refractivity (Wildman–Crippen MR) is 163 cm³/mol. The first-order valence-electron chi connectivity index (χ1n) is 13.5. The van der Waals surface area contributed by atoms with Crippen LogP contribution in [0.25, 0.3) is 0 Å². The molecule has 2 aromatic carbocycles. The SMILES string of the molecule is C=CC(=O)Oc1ccc(C(C)(C)CC(C)(C)C)c(Sc2cc(C(C)(CC)C(C)(C)C)ccc2OC(=O)C=C)c1. The molecule has 0 spiro atoms. The molecule has 0 saturated heterocycles. The van der Waals surface area contributed by atoms with E-state index in [1.54, 1.807) is 0 Å². The van der Waals surface area contributed by atoms with E-state index >= 15 is 0 Å². The summed E-state index contributed by atoms with van der Waals surface area (Å²) in [4.78, 5) is 26.0. The monoisotopic (exact) mass is 550 g/mol. The molecule has 0 aliphatic rings. The first-order chi connectivity index (χ1) is 17.9. The largest absolute Gasteiger partial charge is 0.423 e. The second-order valence-corrected chi connectivity index (χ2v) is 14.3. The number of carbonyl (C=O) groups is 2. The maximum absolute atomic E-state index is 12.3. The summed E-state index contributed by atoms with van der Waals surface area (Å²) < 4.78 is 11.2. The van der Waals surface area contributed by atoms with Gasteiger partial charge in [-0.25, -0.2) is 9.59 Å². The Balaban J connectivity index is 2.79. The molecule has 1 unspecified atom stereocenters. The van der Waals surface area contributed by atoms with E-state index in [4.69, 9.17) is 9.47 Å². The van der Waals surface area contributed by atoms with Crippen molar-refractivity contribution in [2.24, 2.45) is 10.8 Å². The molecule has 0 bridgehead atoms. The number of hydrogen-bond acceptors (Lipinski definition) is 5. The van der Waals surface area contributed by atoms with Crippen molar-refractivity contribution in [1.29, 1.82) is 0 Å². The number of esters is 2. The lowest BCUT2D eigenvalue weighted by Gasteiger charge is -2.42. The summed E-state index contributed by atoms with van der Waals surface area (Å²) in [7, 11) is 0. The van der Waals surface area contributed by atoms with Gasteiger partial charge >= 0.3 is 11.9 Å². The van der Waals surface area contributed by atoms with Gasteiger partial charge in [-0.1, -0.05) is 106 Å². The van der Waals surface area contributed by atoms with Crippen LogP contribution in [0.15, 0.2) is 71.5 Å². The third-order valence-electron chi connectivity index (χ3n) is 7.58. The van der Waals surface area contributed by atoms with Crippen LogP contribution in [-0.2, 0) is 20.4 Å². The van der Waals surface area contributed by atoms with Crippen LogP contribution in [-0.4, -0.2) is 11.9 Å². The van der Waals surface area contributed by atoms with E-state index in [2.05, 4.69) is 94.5 Å². The predicted octanol–water partition coefficient (Wildman–Crippen LogP) is 9.45. The summed E-state index contributed by atoms with van der Waals surface area (Å²) in [6, 6.07) is 11.8. The van der Waals surface area contributed by atoms with Crippen LogP contribution >= 0.6 is 11.8 Å². The van der Waals surface area contributed by atoms with Crippen LogP contribution < -0.4 is 9.47 Å². The van der Waals surface area contributed by atoms with Crippen LogP contribution in [0.4, 0.5) is 0 Å². The lowest BCUT2D eigenvalue weighted by Crippen LogP contribution is -2.36. The highest BCUT2D eigenvalue weighted by Crippen LogP contribution is 2.49. The van der Waals surface area contributed by atoms with E-state index in [1.165, 1.54) is 23.4 Å². The molecule has 39 heavy (non-hydrogen) atoms. The Morgan fingerprint density at radius 2 is 1.41 bits per heavy atom. The second-order valence-electron chi connectivity index (χ2n) is 13.2. The Morgan fingerprint density at radius 3 is 1.92 bits per heavy atom. The van der Waals surface area contributed by atoms with Gasteiger partial charge in [-0.05, 0) is 69.9 Å². The van der Waals surface area contributed by atoms with Crippen LogP contribution in [0, 0.1) is 10.8 Å². The first-order valence-corrected chi connectivity index (χ1v) is 14.3. The fraction of sp³-hybridized carbons (Fsp3) is 0.471. The van der Waals surface area contributed by atoms with Gasteiger partial charge in [-0.15, -0.1) is 0 Å². The van der Waals surface area contributed by atoms with Crippen LogP contribution in [0.2, 0.25) is 0 Å². The summed E-state index contributed by atoms with van der Waals surface area (Å²) in [5.41, 5.74) is 2.10. The van der Waals surface area contributed by atoms with Crippen LogP contribution in [0.1, 0.15) is 93.2 Å². The molecule has 212 valence electrons. The molecule has 0 saturated carbocycles. The first kappa shape index (κ1) is 32.4. The van der Waals surface area contributed by atoms with E-state index in [0.717, 1.165) is 34.3 Å². The summed E-state index contributed by atoms with van der Waals surface area (Å²) in [5.74, 6) is -0.125. The van der Waals surface area contributed by atoms with Crippen molar-refractivity contribution >= 4 is 23.7 Å². The molecule has 0 aromatic heterocycles. The second kappa shape index (κ2) is 12.2. The smallest absolute Gasteiger partial charge is 0.335 e. The lowest BCUT2D eigenvalue weighted by molar-refractivity contribution is -0.130. The van der Waals surface area contributed by atoms with E-state index in [9.17, 15) is 9.59 Å². The van der Waals surface area contributed by atoms with Crippen molar-refractivity contribution in [3.8, 4) is 11.5 Å². The molecule has 2 rings (SSSR count). The maximum atomic E-state index is 12.3. The zero-order chi connectivity index (χ0) is 29.8. The molecular formula is C34H46O4S. The summed E-state index contributed by atoms with van der Waals surface area (Å²) >= 11 is 1.52. The minimum Gasteiger partial charge on any atom is -0.423 e. The molecule has 0 radical (unpaired) electrons. The highest BCUT2D eigenvalue weighted by Gasteiger charge is 2.38. The van der Waals surface area contributed by atoms with Gasteiger partial charge in [-0.2, -0.15) is 0 Å². The zero-order valence-electron chi connectivity index (χ0n) is 25.5. The van der Waals surface area contributed by atoms with Crippen molar-refractivity contribution in [2.75, 3.05) is 0 Å². The third kappa shape index (κ3) is 8.11. The molecule has 4 nitrogen and oxygen atoms in total. The fourth-order valence-corrected chi connectivity index (χ4v) is 6.50. The number of hydrogen-bond donors (Lipinski definition) is 0. The van der Waals surface area contributed by atoms with Gasteiger partial charge < -0.3 is 9.47 Å². The Morgan fingerprint density at radius 1 is 0.821 bits per heavy atom. The molecule has 0 N–H and O–H groups in total. The van der Waals surface area contributed by atoms with Gasteiger partial charge in [0.25, 0.3) is 0 Å². The van der Waals surface area contributed by atoms with E-state index in [0.29, 0.717) is 11.5 Å². The van der Waals surface area contributed by atoms with Crippen LogP contribution in [0.3, 0.4) is 0 Å². The van der Waals surface area contributed by atoms with E-state index in [-0.39, 0.29) is 21.7 Å². The minimum absolute atomic E-state index is 0.00165. The van der Waals surface area contributed by atoms with Gasteiger partial charge in [0.15, 0.2) is 0 Å². The molecule has 5 heteroatoms. The topological polar surface area (TPSA) is 52.6 Å². The van der Waals surface area contributed by atoms with Crippen LogP contribution in [0.5, 0.6) is 11.5 Å². The van der Waals surface area contributed by atoms with E-state index in [1.807, 2.05) is 24.3 Å². The number of carbonyl (C=O) groups excluding carboxylic acids is 2.